The first kappa shape index (κ1) is 16.6. The van der Waals surface area contributed by atoms with Gasteiger partial charge in [0, 0.05) is 24.7 Å². The molecule has 3 aromatic heterocycles. The summed E-state index contributed by atoms with van der Waals surface area (Å²) in [6.07, 6.45) is 4.02. The molecule has 1 amide bonds. The predicted octanol–water partition coefficient (Wildman–Crippen LogP) is 1.57. The van der Waals surface area contributed by atoms with Crippen molar-refractivity contribution in [1.82, 2.24) is 30.0 Å². The third kappa shape index (κ3) is 3.27. The molecule has 26 heavy (non-hydrogen) atoms. The molecule has 1 aliphatic heterocycles. The second kappa shape index (κ2) is 6.79. The van der Waals surface area contributed by atoms with Crippen molar-refractivity contribution in [3.63, 3.8) is 0 Å². The molecule has 3 aromatic rings. The fourth-order valence-electron chi connectivity index (χ4n) is 2.93. The Kier molecular flexibility index (Phi) is 4.33. The molecule has 0 radical (unpaired) electrons. The molecule has 4 heterocycles. The Morgan fingerprint density at radius 2 is 2.23 bits per heavy atom. The van der Waals surface area contributed by atoms with E-state index >= 15 is 0 Å². The molecule has 8 nitrogen and oxygen atoms in total. The molecule has 0 bridgehead atoms. The van der Waals surface area contributed by atoms with Gasteiger partial charge in [0.2, 0.25) is 5.95 Å². The van der Waals surface area contributed by atoms with Gasteiger partial charge in [-0.2, -0.15) is 5.10 Å². The van der Waals surface area contributed by atoms with E-state index in [0.29, 0.717) is 31.3 Å². The van der Waals surface area contributed by atoms with Crippen LogP contribution in [0.5, 0.6) is 0 Å². The molecule has 0 unspecified atom stereocenters. The smallest absolute Gasteiger partial charge is 0.270 e. The van der Waals surface area contributed by atoms with E-state index in [9.17, 15) is 9.18 Å². The summed E-state index contributed by atoms with van der Waals surface area (Å²) in [5.41, 5.74) is 1.40. The summed E-state index contributed by atoms with van der Waals surface area (Å²) in [5, 5.41) is 9.86. The number of anilines is 1. The quantitative estimate of drug-likeness (QED) is 0.747. The van der Waals surface area contributed by atoms with Gasteiger partial charge in [0.15, 0.2) is 5.82 Å². The Hall–Kier alpha value is -2.88. The van der Waals surface area contributed by atoms with Crippen LogP contribution in [-0.2, 0) is 6.54 Å². The predicted molar refractivity (Wildman–Crippen MR) is 93.5 cm³/mol. The molecule has 0 fully saturated rings. The van der Waals surface area contributed by atoms with Crippen LogP contribution >= 0.6 is 11.3 Å². The number of carbonyl (C=O) groups excluding carboxylic acids is 1. The second-order valence-electron chi connectivity index (χ2n) is 5.96. The van der Waals surface area contributed by atoms with Crippen LogP contribution < -0.4 is 10.2 Å². The van der Waals surface area contributed by atoms with E-state index in [4.69, 9.17) is 0 Å². The Morgan fingerprint density at radius 3 is 2.96 bits per heavy atom. The minimum atomic E-state index is -0.474. The van der Waals surface area contributed by atoms with Gasteiger partial charge in [-0.15, -0.1) is 11.3 Å². The fourth-order valence-corrected chi connectivity index (χ4v) is 3.52. The summed E-state index contributed by atoms with van der Waals surface area (Å²) in [5.74, 6) is -0.235. The zero-order chi connectivity index (χ0) is 18.1. The van der Waals surface area contributed by atoms with Gasteiger partial charge in [0.1, 0.15) is 5.69 Å². The van der Waals surface area contributed by atoms with Crippen molar-refractivity contribution in [3.05, 3.63) is 52.2 Å². The van der Waals surface area contributed by atoms with E-state index < -0.39 is 5.82 Å². The molecular formula is C16H16FN7OS. The lowest BCUT2D eigenvalue weighted by atomic mass is 10.2. The van der Waals surface area contributed by atoms with Crippen LogP contribution in [0, 0.1) is 12.7 Å². The van der Waals surface area contributed by atoms with Crippen LogP contribution in [0.4, 0.5) is 10.3 Å². The van der Waals surface area contributed by atoms with Gasteiger partial charge in [0.05, 0.1) is 35.7 Å². The standard InChI is InChI=1S/C16H16FN7OS/c1-10-22-14(9-26-10)15(25)18-6-13-8-23(7-12-2-3-21-24(12)13)16-19-4-11(17)5-20-16/h2-5,9,13H,6-8H2,1H3,(H,18,25)/t13-/m0/s1. The van der Waals surface area contributed by atoms with E-state index in [2.05, 4.69) is 25.4 Å². The maximum atomic E-state index is 13.1. The normalized spacial score (nSPS) is 16.4. The monoisotopic (exact) mass is 373 g/mol. The largest absolute Gasteiger partial charge is 0.348 e. The minimum Gasteiger partial charge on any atom is -0.348 e. The van der Waals surface area contributed by atoms with E-state index in [-0.39, 0.29) is 11.9 Å². The highest BCUT2D eigenvalue weighted by molar-refractivity contribution is 7.09. The van der Waals surface area contributed by atoms with Crippen molar-refractivity contribution >= 4 is 23.2 Å². The number of halogens is 1. The molecule has 0 saturated carbocycles. The lowest BCUT2D eigenvalue weighted by molar-refractivity contribution is 0.0941. The van der Waals surface area contributed by atoms with E-state index in [1.807, 2.05) is 22.6 Å². The number of hydrogen-bond donors (Lipinski definition) is 1. The SMILES string of the molecule is Cc1nc(C(=O)NC[C@H]2CN(c3ncc(F)cn3)Cc3ccnn32)cs1. The Bertz CT molecular complexity index is 923. The number of hydrogen-bond acceptors (Lipinski definition) is 7. The van der Waals surface area contributed by atoms with Crippen LogP contribution in [0.25, 0.3) is 0 Å². The number of aryl methyl sites for hydroxylation is 1. The van der Waals surface area contributed by atoms with Crippen LogP contribution in [0.2, 0.25) is 0 Å². The van der Waals surface area contributed by atoms with E-state index in [0.717, 1.165) is 23.1 Å². The zero-order valence-corrected chi connectivity index (χ0v) is 14.8. The molecule has 0 saturated heterocycles. The Labute approximate surface area is 152 Å². The number of nitrogens with zero attached hydrogens (tertiary/aromatic N) is 6. The summed E-state index contributed by atoms with van der Waals surface area (Å²) in [6, 6.07) is 1.82. The van der Waals surface area contributed by atoms with Crippen molar-refractivity contribution in [2.75, 3.05) is 18.0 Å². The highest BCUT2D eigenvalue weighted by atomic mass is 32.1. The van der Waals surface area contributed by atoms with Gasteiger partial charge >= 0.3 is 0 Å². The molecule has 0 aromatic carbocycles. The van der Waals surface area contributed by atoms with Crippen LogP contribution in [0.1, 0.15) is 27.2 Å². The zero-order valence-electron chi connectivity index (χ0n) is 14.0. The lowest BCUT2D eigenvalue weighted by Gasteiger charge is -2.33. The number of rotatable bonds is 4. The average molecular weight is 373 g/mol. The number of aromatic nitrogens is 5. The van der Waals surface area contributed by atoms with Crippen molar-refractivity contribution in [2.45, 2.75) is 19.5 Å². The number of nitrogens with one attached hydrogen (secondary N) is 1. The van der Waals surface area contributed by atoms with E-state index in [1.54, 1.807) is 11.6 Å². The van der Waals surface area contributed by atoms with Gasteiger partial charge in [-0.05, 0) is 13.0 Å². The second-order valence-corrected chi connectivity index (χ2v) is 7.03. The van der Waals surface area contributed by atoms with Crippen molar-refractivity contribution < 1.29 is 9.18 Å². The van der Waals surface area contributed by atoms with Crippen molar-refractivity contribution in [1.29, 1.82) is 0 Å². The topological polar surface area (TPSA) is 88.8 Å². The molecule has 134 valence electrons. The lowest BCUT2D eigenvalue weighted by Crippen LogP contribution is -2.43. The number of carbonyl (C=O) groups is 1. The van der Waals surface area contributed by atoms with Gasteiger partial charge in [-0.3, -0.25) is 9.48 Å². The first-order valence-electron chi connectivity index (χ1n) is 8.05. The van der Waals surface area contributed by atoms with Gasteiger partial charge < -0.3 is 10.2 Å². The van der Waals surface area contributed by atoms with Crippen LogP contribution in [-0.4, -0.2) is 43.7 Å². The minimum absolute atomic E-state index is 0.0916. The summed E-state index contributed by atoms with van der Waals surface area (Å²) in [7, 11) is 0. The maximum Gasteiger partial charge on any atom is 0.270 e. The van der Waals surface area contributed by atoms with Crippen molar-refractivity contribution in [2.24, 2.45) is 0 Å². The summed E-state index contributed by atoms with van der Waals surface area (Å²) >= 11 is 1.44. The third-order valence-corrected chi connectivity index (χ3v) is 4.90. The summed E-state index contributed by atoms with van der Waals surface area (Å²) < 4.78 is 15.0. The molecule has 0 aliphatic carbocycles. The van der Waals surface area contributed by atoms with Gasteiger partial charge in [0.25, 0.3) is 5.91 Å². The van der Waals surface area contributed by atoms with Crippen LogP contribution in [0.15, 0.2) is 30.0 Å². The number of thiazole rings is 1. The third-order valence-electron chi connectivity index (χ3n) is 4.12. The molecular weight excluding hydrogens is 357 g/mol. The summed E-state index contributed by atoms with van der Waals surface area (Å²) in [4.78, 5) is 26.5. The summed E-state index contributed by atoms with van der Waals surface area (Å²) in [6.45, 7) is 3.37. The van der Waals surface area contributed by atoms with Crippen LogP contribution in [0.3, 0.4) is 0 Å². The fraction of sp³-hybridized carbons (Fsp3) is 0.312. The molecule has 4 rings (SSSR count). The van der Waals surface area contributed by atoms with Gasteiger partial charge in [-0.1, -0.05) is 0 Å². The molecule has 10 heteroatoms. The Balaban J connectivity index is 1.49. The average Bonchev–Trinajstić information content (AvgIpc) is 3.28. The molecule has 1 atom stereocenters. The van der Waals surface area contributed by atoms with Gasteiger partial charge in [-0.25, -0.2) is 19.3 Å². The number of fused-ring (bicyclic) bond motifs is 1. The van der Waals surface area contributed by atoms with Crippen molar-refractivity contribution in [3.8, 4) is 0 Å². The molecule has 1 aliphatic rings. The molecule has 0 spiro atoms. The number of amides is 1. The Morgan fingerprint density at radius 1 is 1.42 bits per heavy atom. The van der Waals surface area contributed by atoms with E-state index in [1.165, 1.54) is 11.3 Å². The first-order chi connectivity index (χ1) is 12.6. The highest BCUT2D eigenvalue weighted by Gasteiger charge is 2.27. The first-order valence-corrected chi connectivity index (χ1v) is 8.93. The molecule has 1 N–H and O–H groups in total. The highest BCUT2D eigenvalue weighted by Crippen LogP contribution is 2.23. The maximum absolute atomic E-state index is 13.1.